The van der Waals surface area contributed by atoms with Crippen LogP contribution in [0.2, 0.25) is 0 Å². The van der Waals surface area contributed by atoms with E-state index in [9.17, 15) is 4.79 Å². The fourth-order valence-corrected chi connectivity index (χ4v) is 2.13. The summed E-state index contributed by atoms with van der Waals surface area (Å²) in [4.78, 5) is 11.8. The minimum absolute atomic E-state index is 0.0368. The molecule has 4 nitrogen and oxygen atoms in total. The number of benzene rings is 1. The Morgan fingerprint density at radius 2 is 2.06 bits per heavy atom. The zero-order valence-electron chi connectivity index (χ0n) is 10.3. The molecule has 0 heterocycles. The molecule has 0 unspecified atom stereocenters. The number of nitrogens with one attached hydrogen (secondary N) is 1. The van der Waals surface area contributed by atoms with Crippen molar-refractivity contribution >= 4 is 11.6 Å². The topological polar surface area (TPSA) is 78.9 Å². The Morgan fingerprint density at radius 3 is 2.56 bits per heavy atom. The molecule has 18 heavy (non-hydrogen) atoms. The summed E-state index contributed by atoms with van der Waals surface area (Å²) in [5, 5.41) is 11.4. The first-order valence-electron chi connectivity index (χ1n) is 6.16. The molecule has 0 spiro atoms. The lowest BCUT2D eigenvalue weighted by atomic mass is 9.75. The van der Waals surface area contributed by atoms with Crippen molar-refractivity contribution in [3.63, 3.8) is 0 Å². The smallest absolute Gasteiger partial charge is 0.226 e. The second-order valence-electron chi connectivity index (χ2n) is 4.97. The molecule has 0 bridgehead atoms. The Morgan fingerprint density at radius 1 is 1.39 bits per heavy atom. The van der Waals surface area contributed by atoms with Crippen LogP contribution in [-0.2, 0) is 11.2 Å². The number of nitriles is 1. The number of carbonyl (C=O) groups is 1. The normalized spacial score (nSPS) is 16.4. The zero-order valence-corrected chi connectivity index (χ0v) is 10.3. The number of anilines is 1. The van der Waals surface area contributed by atoms with E-state index < -0.39 is 0 Å². The van der Waals surface area contributed by atoms with Gasteiger partial charge in [0.25, 0.3) is 0 Å². The summed E-state index contributed by atoms with van der Waals surface area (Å²) in [6.07, 6.45) is 3.75. The summed E-state index contributed by atoms with van der Waals surface area (Å²) in [7, 11) is 0. The summed E-state index contributed by atoms with van der Waals surface area (Å²) in [5.41, 5.74) is 7.44. The average Bonchev–Trinajstić information content (AvgIpc) is 2.30. The van der Waals surface area contributed by atoms with Gasteiger partial charge in [0.2, 0.25) is 5.91 Å². The van der Waals surface area contributed by atoms with Crippen LogP contribution in [0.4, 0.5) is 5.69 Å². The van der Waals surface area contributed by atoms with Crippen molar-refractivity contribution in [2.24, 2.45) is 5.73 Å². The molecule has 4 heteroatoms. The first kappa shape index (κ1) is 12.6. The number of nitrogens with two attached hydrogens (primary N) is 1. The van der Waals surface area contributed by atoms with Crippen molar-refractivity contribution in [2.45, 2.75) is 37.6 Å². The van der Waals surface area contributed by atoms with Crippen molar-refractivity contribution in [1.82, 2.24) is 0 Å². The SMILES string of the molecule is N#CCc1ccc(NC(=O)CC2(N)CCC2)cc1. The van der Waals surface area contributed by atoms with Gasteiger partial charge in [0.1, 0.15) is 0 Å². The number of amides is 1. The molecule has 0 atom stereocenters. The van der Waals surface area contributed by atoms with Crippen molar-refractivity contribution in [3.8, 4) is 6.07 Å². The monoisotopic (exact) mass is 243 g/mol. The molecular weight excluding hydrogens is 226 g/mol. The van der Waals surface area contributed by atoms with E-state index in [0.29, 0.717) is 12.8 Å². The predicted molar refractivity (Wildman–Crippen MR) is 69.8 cm³/mol. The average molecular weight is 243 g/mol. The van der Waals surface area contributed by atoms with Gasteiger partial charge in [0.05, 0.1) is 12.5 Å². The Kier molecular flexibility index (Phi) is 3.63. The van der Waals surface area contributed by atoms with Crippen LogP contribution in [0, 0.1) is 11.3 Å². The fourth-order valence-electron chi connectivity index (χ4n) is 2.13. The van der Waals surface area contributed by atoms with Crippen molar-refractivity contribution in [1.29, 1.82) is 5.26 Å². The maximum Gasteiger partial charge on any atom is 0.226 e. The highest BCUT2D eigenvalue weighted by atomic mass is 16.1. The number of hydrogen-bond acceptors (Lipinski definition) is 3. The Balaban J connectivity index is 1.89. The summed E-state index contributed by atoms with van der Waals surface area (Å²) in [6, 6.07) is 9.41. The van der Waals surface area contributed by atoms with Gasteiger partial charge in [0, 0.05) is 17.6 Å². The maximum atomic E-state index is 11.8. The fraction of sp³-hybridized carbons (Fsp3) is 0.429. The number of hydrogen-bond donors (Lipinski definition) is 2. The Bertz CT molecular complexity index is 469. The third kappa shape index (κ3) is 3.08. The van der Waals surface area contributed by atoms with Gasteiger partial charge in [-0.2, -0.15) is 5.26 Å². The van der Waals surface area contributed by atoms with Gasteiger partial charge in [0.15, 0.2) is 0 Å². The van der Waals surface area contributed by atoms with Gasteiger partial charge in [-0.05, 0) is 37.0 Å². The molecule has 0 aliphatic heterocycles. The van der Waals surface area contributed by atoms with E-state index >= 15 is 0 Å². The molecule has 0 radical (unpaired) electrons. The minimum Gasteiger partial charge on any atom is -0.326 e. The molecule has 2 rings (SSSR count). The van der Waals surface area contributed by atoms with Gasteiger partial charge < -0.3 is 11.1 Å². The maximum absolute atomic E-state index is 11.8. The van der Waals surface area contributed by atoms with Crippen LogP contribution >= 0.6 is 0 Å². The number of nitrogens with zero attached hydrogens (tertiary/aromatic N) is 1. The summed E-state index contributed by atoms with van der Waals surface area (Å²) >= 11 is 0. The lowest BCUT2D eigenvalue weighted by molar-refractivity contribution is -0.118. The van der Waals surface area contributed by atoms with Crippen LogP contribution in [0.3, 0.4) is 0 Å². The van der Waals surface area contributed by atoms with Gasteiger partial charge >= 0.3 is 0 Å². The van der Waals surface area contributed by atoms with Gasteiger partial charge in [-0.1, -0.05) is 12.1 Å². The van der Waals surface area contributed by atoms with Crippen molar-refractivity contribution in [3.05, 3.63) is 29.8 Å². The van der Waals surface area contributed by atoms with Crippen LogP contribution in [0.15, 0.2) is 24.3 Å². The van der Waals surface area contributed by atoms with E-state index in [-0.39, 0.29) is 11.4 Å². The molecule has 0 aromatic heterocycles. The molecule has 1 fully saturated rings. The Hall–Kier alpha value is -1.86. The van der Waals surface area contributed by atoms with E-state index in [1.54, 1.807) is 0 Å². The minimum atomic E-state index is -0.287. The van der Waals surface area contributed by atoms with Crippen LogP contribution in [0.1, 0.15) is 31.2 Å². The highest BCUT2D eigenvalue weighted by molar-refractivity contribution is 5.91. The lowest BCUT2D eigenvalue weighted by Gasteiger charge is -2.37. The second-order valence-corrected chi connectivity index (χ2v) is 4.97. The van der Waals surface area contributed by atoms with E-state index in [1.165, 1.54) is 0 Å². The molecular formula is C14H17N3O. The third-order valence-electron chi connectivity index (χ3n) is 3.38. The summed E-state index contributed by atoms with van der Waals surface area (Å²) in [5.74, 6) is -0.0368. The van der Waals surface area contributed by atoms with Crippen LogP contribution in [0.25, 0.3) is 0 Å². The highest BCUT2D eigenvalue weighted by Crippen LogP contribution is 2.32. The van der Waals surface area contributed by atoms with Crippen molar-refractivity contribution in [2.75, 3.05) is 5.32 Å². The predicted octanol–water partition coefficient (Wildman–Crippen LogP) is 1.96. The molecule has 1 saturated carbocycles. The highest BCUT2D eigenvalue weighted by Gasteiger charge is 2.34. The van der Waals surface area contributed by atoms with E-state index in [4.69, 9.17) is 11.0 Å². The largest absolute Gasteiger partial charge is 0.326 e. The van der Waals surface area contributed by atoms with Crippen molar-refractivity contribution < 1.29 is 4.79 Å². The molecule has 1 aliphatic rings. The first-order valence-corrected chi connectivity index (χ1v) is 6.16. The standard InChI is InChI=1S/C14H17N3O/c15-9-6-11-2-4-12(5-3-11)17-13(18)10-14(16)7-1-8-14/h2-5H,1,6-8,10,16H2,(H,17,18). The summed E-state index contributed by atoms with van der Waals surface area (Å²) in [6.45, 7) is 0. The van der Waals surface area contributed by atoms with Crippen LogP contribution < -0.4 is 11.1 Å². The quantitative estimate of drug-likeness (QED) is 0.848. The molecule has 1 aliphatic carbocycles. The molecule has 1 aromatic carbocycles. The second kappa shape index (κ2) is 5.19. The first-order chi connectivity index (χ1) is 8.61. The number of rotatable bonds is 4. The molecule has 3 N–H and O–H groups in total. The van der Waals surface area contributed by atoms with Gasteiger partial charge in [-0.3, -0.25) is 4.79 Å². The van der Waals surface area contributed by atoms with Crippen LogP contribution in [-0.4, -0.2) is 11.4 Å². The molecule has 0 saturated heterocycles. The third-order valence-corrected chi connectivity index (χ3v) is 3.38. The Labute approximate surface area is 107 Å². The van der Waals surface area contributed by atoms with Crippen LogP contribution in [0.5, 0.6) is 0 Å². The van der Waals surface area contributed by atoms with Gasteiger partial charge in [-0.15, -0.1) is 0 Å². The van der Waals surface area contributed by atoms with Gasteiger partial charge in [-0.25, -0.2) is 0 Å². The molecule has 1 aromatic rings. The summed E-state index contributed by atoms with van der Waals surface area (Å²) < 4.78 is 0. The molecule has 1 amide bonds. The lowest BCUT2D eigenvalue weighted by Crippen LogP contribution is -2.48. The van der Waals surface area contributed by atoms with E-state index in [0.717, 1.165) is 30.5 Å². The van der Waals surface area contributed by atoms with E-state index in [2.05, 4.69) is 11.4 Å². The number of carbonyl (C=O) groups excluding carboxylic acids is 1. The molecule has 94 valence electrons. The van der Waals surface area contributed by atoms with E-state index in [1.807, 2.05) is 24.3 Å². The zero-order chi connectivity index (χ0) is 13.0.